The molecule has 0 atom stereocenters. The predicted octanol–water partition coefficient (Wildman–Crippen LogP) is 8.13. The van der Waals surface area contributed by atoms with Crippen LogP contribution in [0.4, 0.5) is 18.0 Å². The average Bonchev–Trinajstić information content (AvgIpc) is 3.61. The summed E-state index contributed by atoms with van der Waals surface area (Å²) in [6.45, 7) is 8.02. The molecule has 2 heterocycles. The summed E-state index contributed by atoms with van der Waals surface area (Å²) in [4.78, 5) is 22.3. The van der Waals surface area contributed by atoms with Gasteiger partial charge in [-0.2, -0.15) is 18.2 Å². The number of amides is 2. The van der Waals surface area contributed by atoms with Gasteiger partial charge in [-0.25, -0.2) is 14.5 Å². The van der Waals surface area contributed by atoms with Crippen molar-refractivity contribution in [2.24, 2.45) is 4.99 Å². The highest BCUT2D eigenvalue weighted by Crippen LogP contribution is 2.23. The maximum Gasteiger partial charge on any atom is 0.393 e. The number of hydrogen-bond acceptors (Lipinski definition) is 4. The van der Waals surface area contributed by atoms with E-state index in [1.165, 1.54) is 40.0 Å². The zero-order valence-electron chi connectivity index (χ0n) is 25.4. The molecule has 0 aliphatic rings. The van der Waals surface area contributed by atoms with Crippen LogP contribution in [0, 0.1) is 13.8 Å². The van der Waals surface area contributed by atoms with Crippen molar-refractivity contribution < 1.29 is 18.0 Å². The van der Waals surface area contributed by atoms with Crippen molar-refractivity contribution in [3.8, 4) is 22.8 Å². The number of aromatic nitrogens is 4. The van der Waals surface area contributed by atoms with Crippen LogP contribution in [0.2, 0.25) is 0 Å². The molecule has 2 amide bonds. The second kappa shape index (κ2) is 13.5. The normalized spacial score (nSPS) is 12.5. The molecule has 0 aliphatic carbocycles. The van der Waals surface area contributed by atoms with E-state index in [1.54, 1.807) is 19.1 Å². The van der Waals surface area contributed by atoms with Crippen molar-refractivity contribution in [3.05, 3.63) is 117 Å². The van der Waals surface area contributed by atoms with Crippen LogP contribution in [0.5, 0.6) is 0 Å². The van der Waals surface area contributed by atoms with Gasteiger partial charge in [0.25, 0.3) is 0 Å². The van der Waals surface area contributed by atoms with E-state index in [0.717, 1.165) is 40.9 Å². The van der Waals surface area contributed by atoms with Gasteiger partial charge in [0.05, 0.1) is 17.8 Å². The average molecular weight is 631 g/mol. The van der Waals surface area contributed by atoms with Crippen LogP contribution in [0.1, 0.15) is 48.2 Å². The van der Waals surface area contributed by atoms with Gasteiger partial charge in [0.1, 0.15) is 6.33 Å². The second-order valence-electron chi connectivity index (χ2n) is 10.8. The smallest absolute Gasteiger partial charge is 0.310 e. The minimum absolute atomic E-state index is 0.184. The molecule has 7 nitrogen and oxygen atoms in total. The molecule has 3 aromatic carbocycles. The van der Waals surface area contributed by atoms with E-state index in [2.05, 4.69) is 52.4 Å². The summed E-state index contributed by atoms with van der Waals surface area (Å²) in [6, 6.07) is 19.5. The molecule has 5 aromatic rings. The standard InChI is InChI=1S/C34H33F3N6OS/c1-5-6-27-12-7-22(2)17-30(27)43-24(4)20-45-33(43)40-32(44)39-23(3)18-25-8-13-28(14-9-25)31-38-21-42(41-31)29-15-10-26(11-16-29)19-34(35,36)37/h7-18,20-21H,5-6,19H2,1-4H3,(H,39,44)/b23-18+,40-33?. The van der Waals surface area contributed by atoms with E-state index in [0.29, 0.717) is 22.0 Å². The van der Waals surface area contributed by atoms with Gasteiger partial charge >= 0.3 is 12.2 Å². The molecule has 232 valence electrons. The Morgan fingerprint density at radius 1 is 1.04 bits per heavy atom. The number of alkyl halides is 3. The van der Waals surface area contributed by atoms with E-state index in [1.807, 2.05) is 47.2 Å². The summed E-state index contributed by atoms with van der Waals surface area (Å²) in [5.74, 6) is 0.476. The molecule has 0 unspecified atom stereocenters. The van der Waals surface area contributed by atoms with Gasteiger partial charge in [0.2, 0.25) is 0 Å². The minimum atomic E-state index is -4.25. The summed E-state index contributed by atoms with van der Waals surface area (Å²) in [5.41, 5.74) is 7.48. The van der Waals surface area contributed by atoms with Crippen molar-refractivity contribution in [1.82, 2.24) is 24.6 Å². The molecule has 0 fully saturated rings. The molecule has 0 radical (unpaired) electrons. The Morgan fingerprint density at radius 2 is 1.78 bits per heavy atom. The number of carbonyl (C=O) groups excluding carboxylic acids is 1. The fourth-order valence-corrected chi connectivity index (χ4v) is 5.81. The molecule has 45 heavy (non-hydrogen) atoms. The van der Waals surface area contributed by atoms with Gasteiger partial charge in [0, 0.05) is 22.3 Å². The van der Waals surface area contributed by atoms with Gasteiger partial charge in [-0.05, 0) is 73.7 Å². The van der Waals surface area contributed by atoms with Gasteiger partial charge in [-0.1, -0.05) is 61.9 Å². The largest absolute Gasteiger partial charge is 0.393 e. The van der Waals surface area contributed by atoms with Crippen LogP contribution in [-0.2, 0) is 12.8 Å². The first kappa shape index (κ1) is 31.6. The molecule has 0 bridgehead atoms. The first-order chi connectivity index (χ1) is 21.5. The molecule has 0 aliphatic heterocycles. The molecule has 11 heteroatoms. The Morgan fingerprint density at radius 3 is 2.47 bits per heavy atom. The lowest BCUT2D eigenvalue weighted by atomic mass is 10.1. The zero-order chi connectivity index (χ0) is 32.1. The van der Waals surface area contributed by atoms with E-state index in [-0.39, 0.29) is 5.56 Å². The topological polar surface area (TPSA) is 77.1 Å². The number of thiazole rings is 1. The predicted molar refractivity (Wildman–Crippen MR) is 171 cm³/mol. The van der Waals surface area contributed by atoms with E-state index >= 15 is 0 Å². The molecule has 2 aromatic heterocycles. The first-order valence-electron chi connectivity index (χ1n) is 14.5. The number of allylic oxidation sites excluding steroid dienone is 1. The lowest BCUT2D eigenvalue weighted by molar-refractivity contribution is -0.127. The molecule has 0 spiro atoms. The Labute approximate surface area is 263 Å². The van der Waals surface area contributed by atoms with Crippen LogP contribution in [-0.4, -0.2) is 31.5 Å². The number of aryl methyl sites for hydroxylation is 3. The number of nitrogens with zero attached hydrogens (tertiary/aromatic N) is 5. The van der Waals surface area contributed by atoms with Crippen LogP contribution >= 0.6 is 11.3 Å². The van der Waals surface area contributed by atoms with Gasteiger partial charge < -0.3 is 5.32 Å². The number of rotatable bonds is 8. The maximum absolute atomic E-state index is 12.9. The van der Waals surface area contributed by atoms with Crippen molar-refractivity contribution in [2.45, 2.75) is 53.1 Å². The zero-order valence-corrected chi connectivity index (χ0v) is 26.2. The molecular formula is C34H33F3N6OS. The lowest BCUT2D eigenvalue weighted by Gasteiger charge is -2.13. The van der Waals surface area contributed by atoms with E-state index in [9.17, 15) is 18.0 Å². The third kappa shape index (κ3) is 8.04. The van der Waals surface area contributed by atoms with Crippen LogP contribution < -0.4 is 10.1 Å². The number of hydrogen-bond donors (Lipinski definition) is 1. The maximum atomic E-state index is 12.9. The molecule has 5 rings (SSSR count). The van der Waals surface area contributed by atoms with Gasteiger partial charge in [0.15, 0.2) is 10.6 Å². The minimum Gasteiger partial charge on any atom is -0.310 e. The van der Waals surface area contributed by atoms with Crippen molar-refractivity contribution in [2.75, 3.05) is 0 Å². The monoisotopic (exact) mass is 630 g/mol. The quantitative estimate of drug-likeness (QED) is 0.188. The highest BCUT2D eigenvalue weighted by molar-refractivity contribution is 7.07. The number of urea groups is 1. The summed E-state index contributed by atoms with van der Waals surface area (Å²) < 4.78 is 41.5. The molecule has 1 N–H and O–H groups in total. The summed E-state index contributed by atoms with van der Waals surface area (Å²) >= 11 is 1.43. The third-order valence-corrected chi connectivity index (χ3v) is 7.97. The fraction of sp³-hybridized carbons (Fsp3) is 0.235. The van der Waals surface area contributed by atoms with Crippen molar-refractivity contribution in [3.63, 3.8) is 0 Å². The van der Waals surface area contributed by atoms with Crippen molar-refractivity contribution >= 4 is 23.4 Å². The highest BCUT2D eigenvalue weighted by atomic mass is 32.1. The summed E-state index contributed by atoms with van der Waals surface area (Å²) in [6.07, 6.45) is 0.0898. The molecular weight excluding hydrogens is 597 g/mol. The third-order valence-electron chi connectivity index (χ3n) is 7.03. The lowest BCUT2D eigenvalue weighted by Crippen LogP contribution is -2.23. The van der Waals surface area contributed by atoms with Crippen molar-refractivity contribution in [1.29, 1.82) is 0 Å². The second-order valence-corrected chi connectivity index (χ2v) is 11.7. The van der Waals surface area contributed by atoms with Crippen LogP contribution in [0.15, 0.2) is 89.1 Å². The first-order valence-corrected chi connectivity index (χ1v) is 15.4. The van der Waals surface area contributed by atoms with E-state index < -0.39 is 18.6 Å². The molecule has 0 saturated carbocycles. The van der Waals surface area contributed by atoms with Crippen LogP contribution in [0.25, 0.3) is 28.8 Å². The Balaban J connectivity index is 1.27. The number of halogens is 3. The van der Waals surface area contributed by atoms with Crippen LogP contribution in [0.3, 0.4) is 0 Å². The number of carbonyl (C=O) groups is 1. The highest BCUT2D eigenvalue weighted by Gasteiger charge is 2.27. The van der Waals surface area contributed by atoms with Gasteiger partial charge in [-0.15, -0.1) is 16.4 Å². The summed E-state index contributed by atoms with van der Waals surface area (Å²) in [5, 5.41) is 9.33. The Kier molecular flexibility index (Phi) is 9.48. The van der Waals surface area contributed by atoms with E-state index in [4.69, 9.17) is 0 Å². The number of benzene rings is 3. The Hall–Kier alpha value is -4.77. The van der Waals surface area contributed by atoms with Gasteiger partial charge in [-0.3, -0.25) is 4.57 Å². The summed E-state index contributed by atoms with van der Waals surface area (Å²) in [7, 11) is 0. The SMILES string of the molecule is CCCc1ccc(C)cc1-n1c(C)csc1=NC(=O)N/C(C)=C/c1ccc(-c2ncn(-c3ccc(CC(F)(F)F)cc3)n2)cc1. The molecule has 0 saturated heterocycles. The Bertz CT molecular complexity index is 1900. The number of nitrogens with one attached hydrogen (secondary N) is 1. The fourth-order valence-electron chi connectivity index (χ4n) is 4.94.